The highest BCUT2D eigenvalue weighted by Gasteiger charge is 2.21. The van der Waals surface area contributed by atoms with Crippen molar-refractivity contribution in [1.29, 1.82) is 0 Å². The molecule has 0 bridgehead atoms. The quantitative estimate of drug-likeness (QED) is 0.830. The first kappa shape index (κ1) is 19.6. The number of rotatable bonds is 6. The third-order valence-electron chi connectivity index (χ3n) is 5.18. The Balaban J connectivity index is 1.65. The van der Waals surface area contributed by atoms with Crippen LogP contribution in [-0.2, 0) is 27.8 Å². The van der Waals surface area contributed by atoms with Crippen molar-refractivity contribution in [2.75, 3.05) is 13.1 Å². The summed E-state index contributed by atoms with van der Waals surface area (Å²) in [6.45, 7) is 5.18. The first-order chi connectivity index (χ1) is 12.9. The van der Waals surface area contributed by atoms with E-state index in [1.165, 1.54) is 5.56 Å². The molecule has 2 aromatic carbocycles. The van der Waals surface area contributed by atoms with Crippen molar-refractivity contribution < 1.29 is 13.2 Å². The van der Waals surface area contributed by atoms with Gasteiger partial charge in [0.25, 0.3) is 0 Å². The molecule has 0 fully saturated rings. The molecule has 0 saturated carbocycles. The van der Waals surface area contributed by atoms with Crippen molar-refractivity contribution in [2.24, 2.45) is 0 Å². The molecule has 1 N–H and O–H groups in total. The standard InChI is InChI=1S/C21H26N2O3S/c1-16(18-6-4-3-5-7-18)10-12-22-27(25,26)21-9-8-19-11-13-23(17(2)24)15-20(19)14-21/h3-9,14,16,22H,10-13,15H2,1-2H3. The molecule has 0 aliphatic carbocycles. The number of hydrogen-bond donors (Lipinski definition) is 1. The van der Waals surface area contributed by atoms with Gasteiger partial charge in [0.15, 0.2) is 0 Å². The van der Waals surface area contributed by atoms with E-state index in [4.69, 9.17) is 0 Å². The van der Waals surface area contributed by atoms with Gasteiger partial charge in [-0.2, -0.15) is 0 Å². The Morgan fingerprint density at radius 3 is 2.59 bits per heavy atom. The van der Waals surface area contributed by atoms with Gasteiger partial charge in [0.05, 0.1) is 4.90 Å². The zero-order valence-electron chi connectivity index (χ0n) is 15.8. The topological polar surface area (TPSA) is 66.5 Å². The van der Waals surface area contributed by atoms with Gasteiger partial charge >= 0.3 is 0 Å². The van der Waals surface area contributed by atoms with E-state index in [1.54, 1.807) is 24.0 Å². The van der Waals surface area contributed by atoms with Crippen molar-refractivity contribution in [3.8, 4) is 0 Å². The number of carbonyl (C=O) groups excluding carboxylic acids is 1. The summed E-state index contributed by atoms with van der Waals surface area (Å²) in [4.78, 5) is 13.6. The largest absolute Gasteiger partial charge is 0.338 e. The predicted octanol–water partition coefficient (Wildman–Crippen LogP) is 3.06. The number of benzene rings is 2. The van der Waals surface area contributed by atoms with Gasteiger partial charge in [-0.1, -0.05) is 43.3 Å². The third-order valence-corrected chi connectivity index (χ3v) is 6.64. The molecule has 1 amide bonds. The summed E-state index contributed by atoms with van der Waals surface area (Å²) in [5.74, 6) is 0.295. The van der Waals surface area contributed by atoms with Crippen LogP contribution in [-0.4, -0.2) is 32.3 Å². The fourth-order valence-corrected chi connectivity index (χ4v) is 4.51. The smallest absolute Gasteiger partial charge is 0.240 e. The van der Waals surface area contributed by atoms with Crippen molar-refractivity contribution in [3.05, 3.63) is 65.2 Å². The van der Waals surface area contributed by atoms with E-state index < -0.39 is 10.0 Å². The average molecular weight is 387 g/mol. The van der Waals surface area contributed by atoms with Gasteiger partial charge in [0.2, 0.25) is 15.9 Å². The van der Waals surface area contributed by atoms with Crippen LogP contribution in [0, 0.1) is 0 Å². The van der Waals surface area contributed by atoms with Crippen molar-refractivity contribution in [1.82, 2.24) is 9.62 Å². The molecule has 2 aromatic rings. The highest BCUT2D eigenvalue weighted by molar-refractivity contribution is 7.89. The number of hydrogen-bond acceptors (Lipinski definition) is 3. The van der Waals surface area contributed by atoms with Crippen molar-refractivity contribution in [3.63, 3.8) is 0 Å². The molecule has 144 valence electrons. The van der Waals surface area contributed by atoms with Crippen LogP contribution in [0.15, 0.2) is 53.4 Å². The minimum Gasteiger partial charge on any atom is -0.338 e. The molecule has 0 radical (unpaired) electrons. The Morgan fingerprint density at radius 1 is 1.15 bits per heavy atom. The number of carbonyl (C=O) groups is 1. The lowest BCUT2D eigenvalue weighted by molar-refractivity contribution is -0.129. The molecule has 27 heavy (non-hydrogen) atoms. The number of nitrogens with zero attached hydrogens (tertiary/aromatic N) is 1. The molecule has 3 rings (SSSR count). The van der Waals surface area contributed by atoms with Crippen molar-refractivity contribution >= 4 is 15.9 Å². The van der Waals surface area contributed by atoms with E-state index in [1.807, 2.05) is 24.3 Å². The zero-order chi connectivity index (χ0) is 19.4. The number of sulfonamides is 1. The van der Waals surface area contributed by atoms with E-state index in [-0.39, 0.29) is 16.7 Å². The minimum absolute atomic E-state index is 0.0157. The number of nitrogens with one attached hydrogen (secondary N) is 1. The molecule has 1 atom stereocenters. The normalized spacial score (nSPS) is 15.3. The number of amides is 1. The van der Waals surface area contributed by atoms with Crippen LogP contribution in [0.5, 0.6) is 0 Å². The Hall–Kier alpha value is -2.18. The van der Waals surface area contributed by atoms with Gasteiger partial charge in [-0.25, -0.2) is 13.1 Å². The van der Waals surface area contributed by atoms with Gasteiger partial charge in [-0.3, -0.25) is 4.79 Å². The molecule has 1 aliphatic heterocycles. The SMILES string of the molecule is CC(=O)N1CCc2ccc(S(=O)(=O)NCCC(C)c3ccccc3)cc2C1. The highest BCUT2D eigenvalue weighted by Crippen LogP contribution is 2.23. The fourth-order valence-electron chi connectivity index (χ4n) is 3.41. The summed E-state index contributed by atoms with van der Waals surface area (Å²) in [6.07, 6.45) is 1.49. The Kier molecular flexibility index (Phi) is 5.97. The average Bonchev–Trinajstić information content (AvgIpc) is 2.67. The fraction of sp³-hybridized carbons (Fsp3) is 0.381. The zero-order valence-corrected chi connectivity index (χ0v) is 16.6. The van der Waals surface area contributed by atoms with Gasteiger partial charge < -0.3 is 4.90 Å². The molecule has 0 aromatic heterocycles. The maximum Gasteiger partial charge on any atom is 0.240 e. The molecule has 1 unspecified atom stereocenters. The van der Waals surface area contributed by atoms with Crippen LogP contribution < -0.4 is 4.72 Å². The van der Waals surface area contributed by atoms with Gasteiger partial charge in [-0.15, -0.1) is 0 Å². The van der Waals surface area contributed by atoms with E-state index in [0.717, 1.165) is 24.0 Å². The summed E-state index contributed by atoms with van der Waals surface area (Å²) < 4.78 is 28.0. The molecular formula is C21H26N2O3S. The Morgan fingerprint density at radius 2 is 1.89 bits per heavy atom. The van der Waals surface area contributed by atoms with Gasteiger partial charge in [0.1, 0.15) is 0 Å². The van der Waals surface area contributed by atoms with E-state index >= 15 is 0 Å². The lowest BCUT2D eigenvalue weighted by atomic mass is 9.98. The molecule has 1 heterocycles. The van der Waals surface area contributed by atoms with Crippen LogP contribution in [0.25, 0.3) is 0 Å². The van der Waals surface area contributed by atoms with Gasteiger partial charge in [-0.05, 0) is 47.6 Å². The summed E-state index contributed by atoms with van der Waals surface area (Å²) in [5, 5.41) is 0. The maximum atomic E-state index is 12.7. The molecule has 0 saturated heterocycles. The minimum atomic E-state index is -3.56. The van der Waals surface area contributed by atoms with E-state index in [9.17, 15) is 13.2 Å². The van der Waals surface area contributed by atoms with Crippen molar-refractivity contribution in [2.45, 2.75) is 44.0 Å². The second-order valence-corrected chi connectivity index (χ2v) is 8.89. The van der Waals surface area contributed by atoms with Crippen LogP contribution >= 0.6 is 0 Å². The number of fused-ring (bicyclic) bond motifs is 1. The molecule has 1 aliphatic rings. The van der Waals surface area contributed by atoms with Crippen LogP contribution in [0.4, 0.5) is 0 Å². The second-order valence-electron chi connectivity index (χ2n) is 7.12. The van der Waals surface area contributed by atoms with Gasteiger partial charge in [0, 0.05) is 26.6 Å². The molecule has 0 spiro atoms. The lowest BCUT2D eigenvalue weighted by Crippen LogP contribution is -2.34. The monoisotopic (exact) mass is 386 g/mol. The summed E-state index contributed by atoms with van der Waals surface area (Å²) >= 11 is 0. The summed E-state index contributed by atoms with van der Waals surface area (Å²) in [7, 11) is -3.56. The molecule has 5 nitrogen and oxygen atoms in total. The summed E-state index contributed by atoms with van der Waals surface area (Å²) in [6, 6.07) is 15.3. The third kappa shape index (κ3) is 4.76. The van der Waals surface area contributed by atoms with Crippen LogP contribution in [0.2, 0.25) is 0 Å². The predicted molar refractivity (Wildman–Crippen MR) is 106 cm³/mol. The second kappa shape index (κ2) is 8.23. The maximum absolute atomic E-state index is 12.7. The van der Waals surface area contributed by atoms with Crippen LogP contribution in [0.1, 0.15) is 42.9 Å². The highest BCUT2D eigenvalue weighted by atomic mass is 32.2. The Bertz CT molecular complexity index is 910. The summed E-state index contributed by atoms with van der Waals surface area (Å²) in [5.41, 5.74) is 3.23. The molecule has 6 heteroatoms. The Labute approximate surface area is 161 Å². The first-order valence-corrected chi connectivity index (χ1v) is 10.8. The van der Waals surface area contributed by atoms with Crippen LogP contribution in [0.3, 0.4) is 0 Å². The lowest BCUT2D eigenvalue weighted by Gasteiger charge is -2.28. The van der Waals surface area contributed by atoms with E-state index in [2.05, 4.69) is 23.8 Å². The first-order valence-electron chi connectivity index (χ1n) is 9.29. The molecular weight excluding hydrogens is 360 g/mol. The van der Waals surface area contributed by atoms with E-state index in [0.29, 0.717) is 19.6 Å².